The molecule has 0 aromatic heterocycles. The molecule has 0 spiro atoms. The van der Waals surface area contributed by atoms with Gasteiger partial charge in [0.25, 0.3) is 0 Å². The van der Waals surface area contributed by atoms with Crippen LogP contribution in [0.2, 0.25) is 0 Å². The quantitative estimate of drug-likeness (QED) is 0.378. The van der Waals surface area contributed by atoms with Crippen molar-refractivity contribution < 1.29 is 24.5 Å². The third-order valence-electron chi connectivity index (χ3n) is 7.42. The molecule has 3 aromatic rings. The molecule has 0 amide bonds. The second-order valence-electron chi connectivity index (χ2n) is 11.3. The SMILES string of the molecule is CC(OC[C@@](C)(O)CNC(C)(C)Cc1ccc2ccccc2c1)c1cccc2c1OC1C(C(=O)O)C21. The number of hydrogen-bond acceptors (Lipinski definition) is 5. The van der Waals surface area contributed by atoms with Gasteiger partial charge in [0.05, 0.1) is 18.3 Å². The number of benzene rings is 3. The lowest BCUT2D eigenvalue weighted by molar-refractivity contribution is -0.139. The molecule has 4 unspecified atom stereocenters. The van der Waals surface area contributed by atoms with Crippen molar-refractivity contribution in [3.63, 3.8) is 0 Å². The van der Waals surface area contributed by atoms with Gasteiger partial charge in [0, 0.05) is 29.1 Å². The zero-order valence-corrected chi connectivity index (χ0v) is 21.3. The third-order valence-corrected chi connectivity index (χ3v) is 7.42. The molecule has 0 saturated heterocycles. The summed E-state index contributed by atoms with van der Waals surface area (Å²) < 4.78 is 12.1. The minimum absolute atomic E-state index is 0.0678. The predicted octanol–water partition coefficient (Wildman–Crippen LogP) is 4.84. The van der Waals surface area contributed by atoms with Crippen molar-refractivity contribution in [3.8, 4) is 5.75 Å². The number of rotatable bonds is 10. The molecule has 1 heterocycles. The van der Waals surface area contributed by atoms with E-state index < -0.39 is 17.5 Å². The molecule has 2 aliphatic rings. The average Bonchev–Trinajstić information content (AvgIpc) is 3.43. The number of hydrogen-bond donors (Lipinski definition) is 3. The number of carbonyl (C=O) groups is 1. The zero-order valence-electron chi connectivity index (χ0n) is 21.3. The van der Waals surface area contributed by atoms with Gasteiger partial charge in [-0.15, -0.1) is 0 Å². The van der Waals surface area contributed by atoms with Gasteiger partial charge in [0.15, 0.2) is 0 Å². The maximum atomic E-state index is 11.4. The fourth-order valence-corrected chi connectivity index (χ4v) is 5.32. The average molecular weight is 490 g/mol. The number of carboxylic acids is 1. The molecular weight excluding hydrogens is 454 g/mol. The van der Waals surface area contributed by atoms with E-state index in [1.165, 1.54) is 16.3 Å². The van der Waals surface area contributed by atoms with Crippen molar-refractivity contribution in [2.75, 3.05) is 13.2 Å². The Bertz CT molecular complexity index is 1280. The molecule has 1 aliphatic carbocycles. The smallest absolute Gasteiger partial charge is 0.311 e. The number of β-amino-alcohol motifs (C(OH)–C–C–N with tert-alkyl or cyclic N) is 1. The molecule has 5 rings (SSSR count). The second kappa shape index (κ2) is 9.18. The topological polar surface area (TPSA) is 88.0 Å². The number of ether oxygens (including phenoxy) is 2. The summed E-state index contributed by atoms with van der Waals surface area (Å²) in [6.07, 6.45) is 0.263. The van der Waals surface area contributed by atoms with E-state index in [1.807, 2.05) is 31.2 Å². The molecule has 190 valence electrons. The summed E-state index contributed by atoms with van der Waals surface area (Å²) in [5.41, 5.74) is 1.81. The Morgan fingerprint density at radius 2 is 1.83 bits per heavy atom. The molecular formula is C30H35NO5. The summed E-state index contributed by atoms with van der Waals surface area (Å²) in [5, 5.41) is 26.3. The fraction of sp³-hybridized carbons (Fsp3) is 0.433. The second-order valence-corrected chi connectivity index (χ2v) is 11.3. The number of nitrogens with one attached hydrogen (secondary N) is 1. The Hall–Kier alpha value is -2.93. The monoisotopic (exact) mass is 489 g/mol. The summed E-state index contributed by atoms with van der Waals surface area (Å²) >= 11 is 0. The van der Waals surface area contributed by atoms with Gasteiger partial charge in [0.1, 0.15) is 17.8 Å². The number of para-hydroxylation sites is 1. The first-order valence-corrected chi connectivity index (χ1v) is 12.6. The standard InChI is InChI=1S/C30H35NO5/c1-18(22-10-7-11-23-24-25(28(32)33)27(24)36-26(22)23)35-17-30(4,34)16-31-29(2,3)15-19-12-13-20-8-5-6-9-21(20)14-19/h5-14,18,24-25,27,31,34H,15-17H2,1-4H3,(H,32,33)/t18?,24?,25?,27?,30-/m0/s1. The largest absolute Gasteiger partial charge is 0.488 e. The Labute approximate surface area is 212 Å². The van der Waals surface area contributed by atoms with Gasteiger partial charge in [-0.3, -0.25) is 4.79 Å². The molecule has 3 aromatic carbocycles. The minimum Gasteiger partial charge on any atom is -0.488 e. The van der Waals surface area contributed by atoms with Crippen LogP contribution in [-0.4, -0.2) is 46.6 Å². The molecule has 36 heavy (non-hydrogen) atoms. The van der Waals surface area contributed by atoms with Crippen molar-refractivity contribution >= 4 is 16.7 Å². The van der Waals surface area contributed by atoms with Crippen LogP contribution in [0.3, 0.4) is 0 Å². The van der Waals surface area contributed by atoms with E-state index in [2.05, 4.69) is 55.6 Å². The van der Waals surface area contributed by atoms with Gasteiger partial charge in [-0.2, -0.15) is 0 Å². The molecule has 6 nitrogen and oxygen atoms in total. The van der Waals surface area contributed by atoms with Crippen molar-refractivity contribution in [1.29, 1.82) is 0 Å². The number of aliphatic hydroxyl groups is 1. The van der Waals surface area contributed by atoms with Crippen LogP contribution in [0.15, 0.2) is 60.7 Å². The summed E-state index contributed by atoms with van der Waals surface area (Å²) in [6.45, 7) is 8.53. The van der Waals surface area contributed by atoms with E-state index in [9.17, 15) is 15.0 Å². The van der Waals surface area contributed by atoms with Crippen molar-refractivity contribution in [1.82, 2.24) is 5.32 Å². The first-order chi connectivity index (χ1) is 17.0. The van der Waals surface area contributed by atoms with Gasteiger partial charge < -0.3 is 25.0 Å². The lowest BCUT2D eigenvalue weighted by Crippen LogP contribution is -2.50. The molecule has 5 atom stereocenters. The Morgan fingerprint density at radius 1 is 1.08 bits per heavy atom. The van der Waals surface area contributed by atoms with Crippen molar-refractivity contribution in [2.45, 2.75) is 63.4 Å². The molecule has 1 aliphatic heterocycles. The van der Waals surface area contributed by atoms with E-state index in [1.54, 1.807) is 6.92 Å². The lowest BCUT2D eigenvalue weighted by atomic mass is 9.92. The van der Waals surface area contributed by atoms with Gasteiger partial charge >= 0.3 is 5.97 Å². The normalized spacial score (nSPS) is 22.9. The highest BCUT2D eigenvalue weighted by Gasteiger charge is 2.63. The van der Waals surface area contributed by atoms with Crippen LogP contribution in [0.25, 0.3) is 10.8 Å². The highest BCUT2D eigenvalue weighted by molar-refractivity contribution is 5.83. The maximum Gasteiger partial charge on any atom is 0.311 e. The van der Waals surface area contributed by atoms with E-state index in [0.717, 1.165) is 23.3 Å². The van der Waals surface area contributed by atoms with Gasteiger partial charge in [-0.1, -0.05) is 60.7 Å². The zero-order chi connectivity index (χ0) is 25.7. The molecule has 3 N–H and O–H groups in total. The molecule has 6 heteroatoms. The van der Waals surface area contributed by atoms with Gasteiger partial charge in [0.2, 0.25) is 0 Å². The summed E-state index contributed by atoms with van der Waals surface area (Å²) in [4.78, 5) is 11.4. The van der Waals surface area contributed by atoms with Crippen LogP contribution in [0.1, 0.15) is 56.4 Å². The van der Waals surface area contributed by atoms with Gasteiger partial charge in [-0.25, -0.2) is 0 Å². The molecule has 0 radical (unpaired) electrons. The van der Waals surface area contributed by atoms with Crippen LogP contribution < -0.4 is 10.1 Å². The number of fused-ring (bicyclic) bond motifs is 4. The highest BCUT2D eigenvalue weighted by Crippen LogP contribution is 2.59. The first-order valence-electron chi connectivity index (χ1n) is 12.6. The summed E-state index contributed by atoms with van der Waals surface area (Å²) in [5.74, 6) is -0.584. The van der Waals surface area contributed by atoms with Crippen LogP contribution in [0, 0.1) is 5.92 Å². The van der Waals surface area contributed by atoms with Crippen molar-refractivity contribution in [3.05, 3.63) is 77.4 Å². The van der Waals surface area contributed by atoms with Crippen molar-refractivity contribution in [2.24, 2.45) is 5.92 Å². The predicted molar refractivity (Wildman–Crippen MR) is 139 cm³/mol. The minimum atomic E-state index is -1.07. The summed E-state index contributed by atoms with van der Waals surface area (Å²) in [6, 6.07) is 20.7. The fourth-order valence-electron chi connectivity index (χ4n) is 5.32. The Morgan fingerprint density at radius 3 is 2.58 bits per heavy atom. The Balaban J connectivity index is 1.16. The van der Waals surface area contributed by atoms with Crippen LogP contribution in [0.4, 0.5) is 0 Å². The van der Waals surface area contributed by atoms with E-state index >= 15 is 0 Å². The Kier molecular flexibility index (Phi) is 6.31. The van der Waals surface area contributed by atoms with Crippen LogP contribution in [0.5, 0.6) is 5.75 Å². The van der Waals surface area contributed by atoms with Gasteiger partial charge in [-0.05, 0) is 50.5 Å². The molecule has 0 bridgehead atoms. The van der Waals surface area contributed by atoms with E-state index in [0.29, 0.717) is 6.54 Å². The molecule has 1 saturated carbocycles. The number of aliphatic carboxylic acids is 1. The van der Waals surface area contributed by atoms with Crippen LogP contribution >= 0.6 is 0 Å². The van der Waals surface area contributed by atoms with Crippen LogP contribution in [-0.2, 0) is 16.0 Å². The molecule has 1 fully saturated rings. The number of carboxylic acid groups (broad SMARTS) is 1. The summed E-state index contributed by atoms with van der Waals surface area (Å²) in [7, 11) is 0. The lowest BCUT2D eigenvalue weighted by Gasteiger charge is -2.33. The van der Waals surface area contributed by atoms with E-state index in [4.69, 9.17) is 9.47 Å². The highest BCUT2D eigenvalue weighted by atomic mass is 16.5. The third kappa shape index (κ3) is 4.99. The van der Waals surface area contributed by atoms with E-state index in [-0.39, 0.29) is 30.3 Å². The maximum absolute atomic E-state index is 11.4. The first kappa shape index (κ1) is 24.8.